The minimum atomic E-state index is -0.326. The molecule has 0 aliphatic rings. The first-order valence-electron chi connectivity index (χ1n) is 35.3. The standard InChI is InChI=1S/C72H131BO10/c1-5-9-13-41-53-65(74)55-43-33-25-17-21-29-37-49-61-69(76)80-67(57-45-15-11-7-3)59-47-35-27-19-23-31-39-51-63-71(78)82-73-83-72(79)64-52-40-32-24-20-28-36-48-60-68(58-46-16-12-8-4)81-70(77)62-50-38-30-22-18-26-34-44-56-66(75)54-42-14-10-6-2/h33-36,43-44,47-48,65-68,73-75H,5-32,37-42,45-46,49-64H2,1-4H3/b43-33-,44-34+,47-35-,48-36-. The van der Waals surface area contributed by atoms with E-state index in [1.807, 2.05) is 0 Å². The smallest absolute Gasteiger partial charge is 0.502 e. The summed E-state index contributed by atoms with van der Waals surface area (Å²) in [5.41, 5.74) is 0. The largest absolute Gasteiger partial charge is 0.580 e. The first-order chi connectivity index (χ1) is 40.6. The van der Waals surface area contributed by atoms with Crippen LogP contribution in [0.25, 0.3) is 0 Å². The average molecular weight is 1170 g/mol. The molecule has 0 radical (unpaired) electrons. The Morgan fingerprint density at radius 2 is 0.554 bits per heavy atom. The van der Waals surface area contributed by atoms with E-state index < -0.39 is 0 Å². The molecule has 482 valence electrons. The molecule has 0 spiro atoms. The fourth-order valence-electron chi connectivity index (χ4n) is 10.4. The Morgan fingerprint density at radius 3 is 0.867 bits per heavy atom. The fraction of sp³-hybridized carbons (Fsp3) is 0.833. The normalized spacial score (nSPS) is 13.3. The van der Waals surface area contributed by atoms with Crippen LogP contribution in [0.4, 0.5) is 0 Å². The lowest BCUT2D eigenvalue weighted by atomic mass is 10.1. The van der Waals surface area contributed by atoms with Crippen LogP contribution in [-0.4, -0.2) is 66.2 Å². The van der Waals surface area contributed by atoms with Gasteiger partial charge in [-0.3, -0.25) is 19.2 Å². The highest BCUT2D eigenvalue weighted by molar-refractivity contribution is 6.25. The van der Waals surface area contributed by atoms with Crippen LogP contribution in [0.3, 0.4) is 0 Å². The van der Waals surface area contributed by atoms with Gasteiger partial charge in [-0.25, -0.2) is 0 Å². The number of rotatable bonds is 64. The van der Waals surface area contributed by atoms with Crippen molar-refractivity contribution in [3.63, 3.8) is 0 Å². The minimum Gasteiger partial charge on any atom is -0.502 e. The molecule has 11 heteroatoms. The third-order valence-electron chi connectivity index (χ3n) is 15.9. The van der Waals surface area contributed by atoms with Crippen molar-refractivity contribution in [2.24, 2.45) is 0 Å². The molecule has 0 amide bonds. The zero-order valence-electron chi connectivity index (χ0n) is 54.6. The lowest BCUT2D eigenvalue weighted by Crippen LogP contribution is -2.17. The van der Waals surface area contributed by atoms with Gasteiger partial charge in [-0.1, -0.05) is 243 Å². The summed E-state index contributed by atoms with van der Waals surface area (Å²) < 4.78 is 22.3. The number of ether oxygens (including phenoxy) is 2. The van der Waals surface area contributed by atoms with Crippen molar-refractivity contribution >= 4 is 31.6 Å². The highest BCUT2D eigenvalue weighted by Gasteiger charge is 2.15. The van der Waals surface area contributed by atoms with E-state index in [0.29, 0.717) is 25.7 Å². The SMILES string of the molecule is CCCCCCC(O)C/C=C\CCCCCCCC(=O)OC(C/C=C\CCCCCCCC(=O)OBOC(=O)CCCCCCC/C=C\CC(CCCCCC)OC(=O)CCCCCCC/C=C/CC(O)CCCCCC)CCCCCC. The van der Waals surface area contributed by atoms with Crippen molar-refractivity contribution in [1.82, 2.24) is 0 Å². The van der Waals surface area contributed by atoms with E-state index in [4.69, 9.17) is 18.8 Å². The summed E-state index contributed by atoms with van der Waals surface area (Å²) in [6, 6.07) is 0. The molecule has 4 unspecified atom stereocenters. The molecule has 4 atom stereocenters. The molecule has 0 aliphatic heterocycles. The lowest BCUT2D eigenvalue weighted by molar-refractivity contribution is -0.150. The Labute approximate surface area is 512 Å². The molecule has 0 aromatic heterocycles. The number of aliphatic hydroxyl groups is 2. The monoisotopic (exact) mass is 1170 g/mol. The predicted molar refractivity (Wildman–Crippen MR) is 350 cm³/mol. The highest BCUT2D eigenvalue weighted by atomic mass is 16.6. The Kier molecular flexibility index (Phi) is 62.3. The summed E-state index contributed by atoms with van der Waals surface area (Å²) in [5, 5.41) is 20.2. The van der Waals surface area contributed by atoms with Gasteiger partial charge in [0.2, 0.25) is 0 Å². The molecule has 0 aromatic rings. The molecule has 10 nitrogen and oxygen atoms in total. The predicted octanol–water partition coefficient (Wildman–Crippen LogP) is 20.5. The first-order valence-corrected chi connectivity index (χ1v) is 35.3. The molecule has 0 aromatic carbocycles. The van der Waals surface area contributed by atoms with Crippen LogP contribution in [0, 0.1) is 0 Å². The molecule has 0 fully saturated rings. The molecule has 0 saturated carbocycles. The van der Waals surface area contributed by atoms with Gasteiger partial charge in [0.15, 0.2) is 0 Å². The number of hydrogen-bond donors (Lipinski definition) is 2. The van der Waals surface area contributed by atoms with Crippen LogP contribution >= 0.6 is 0 Å². The van der Waals surface area contributed by atoms with Crippen molar-refractivity contribution in [2.45, 2.75) is 386 Å². The van der Waals surface area contributed by atoms with E-state index >= 15 is 0 Å². The van der Waals surface area contributed by atoms with Gasteiger partial charge in [0.1, 0.15) is 12.2 Å². The first kappa shape index (κ1) is 79.8. The van der Waals surface area contributed by atoms with Crippen molar-refractivity contribution in [3.8, 4) is 0 Å². The molecule has 0 rings (SSSR count). The Bertz CT molecular complexity index is 1450. The number of allylic oxidation sites excluding steroid dienone is 4. The second-order valence-corrected chi connectivity index (χ2v) is 24.1. The summed E-state index contributed by atoms with van der Waals surface area (Å²) in [6.07, 6.45) is 69.3. The van der Waals surface area contributed by atoms with Gasteiger partial charge in [-0.2, -0.15) is 0 Å². The van der Waals surface area contributed by atoms with Gasteiger partial charge >= 0.3 is 19.6 Å². The highest BCUT2D eigenvalue weighted by Crippen LogP contribution is 2.19. The second kappa shape index (κ2) is 64.8. The summed E-state index contributed by atoms with van der Waals surface area (Å²) in [6.45, 7) is 8.85. The number of carbonyl (C=O) groups excluding carboxylic acids is 4. The van der Waals surface area contributed by atoms with E-state index in [-0.39, 0.29) is 56.0 Å². The maximum Gasteiger partial charge on any atom is 0.580 e. The average Bonchev–Trinajstić information content (AvgIpc) is 3.47. The van der Waals surface area contributed by atoms with Crippen LogP contribution in [0.1, 0.15) is 362 Å². The van der Waals surface area contributed by atoms with E-state index in [1.54, 1.807) is 0 Å². The fourth-order valence-corrected chi connectivity index (χ4v) is 10.4. The number of unbranched alkanes of at least 4 members (excludes halogenated alkanes) is 32. The summed E-state index contributed by atoms with van der Waals surface area (Å²) in [5.74, 6) is -0.772. The van der Waals surface area contributed by atoms with Crippen molar-refractivity contribution < 1.29 is 48.2 Å². The number of esters is 2. The van der Waals surface area contributed by atoms with Gasteiger partial charge < -0.3 is 29.0 Å². The van der Waals surface area contributed by atoms with Crippen molar-refractivity contribution in [2.75, 3.05) is 0 Å². The maximum absolute atomic E-state index is 12.7. The lowest BCUT2D eigenvalue weighted by Gasteiger charge is -2.16. The molecule has 0 bridgehead atoms. The third-order valence-corrected chi connectivity index (χ3v) is 15.9. The van der Waals surface area contributed by atoms with Crippen LogP contribution in [0.2, 0.25) is 0 Å². The molecule has 0 aliphatic carbocycles. The Balaban J connectivity index is 4.05. The molecule has 0 heterocycles. The van der Waals surface area contributed by atoms with Gasteiger partial charge in [0, 0.05) is 38.5 Å². The van der Waals surface area contributed by atoms with Gasteiger partial charge in [-0.05, 0) is 128 Å². The second-order valence-electron chi connectivity index (χ2n) is 24.1. The molecule has 0 saturated heterocycles. The van der Waals surface area contributed by atoms with Crippen LogP contribution < -0.4 is 0 Å². The molecule has 2 N–H and O–H groups in total. The summed E-state index contributed by atoms with van der Waals surface area (Å²) in [4.78, 5) is 49.9. The number of aliphatic hydroxyl groups excluding tert-OH is 2. The van der Waals surface area contributed by atoms with Gasteiger partial charge in [0.05, 0.1) is 12.2 Å². The third kappa shape index (κ3) is 61.7. The van der Waals surface area contributed by atoms with Crippen molar-refractivity contribution in [3.05, 3.63) is 48.6 Å². The van der Waals surface area contributed by atoms with Crippen LogP contribution in [0.5, 0.6) is 0 Å². The number of carbonyl (C=O) groups is 4. The summed E-state index contributed by atoms with van der Waals surface area (Å²) in [7, 11) is -0.313. The number of hydrogen-bond acceptors (Lipinski definition) is 10. The topological polar surface area (TPSA) is 146 Å². The van der Waals surface area contributed by atoms with Crippen LogP contribution in [0.15, 0.2) is 48.6 Å². The zero-order valence-corrected chi connectivity index (χ0v) is 54.6. The molecular weight excluding hydrogens is 1040 g/mol. The van der Waals surface area contributed by atoms with E-state index in [0.717, 1.165) is 218 Å². The van der Waals surface area contributed by atoms with E-state index in [1.165, 1.54) is 89.9 Å². The minimum absolute atomic E-state index is 0.0450. The van der Waals surface area contributed by atoms with E-state index in [9.17, 15) is 29.4 Å². The molecular formula is C72H131BO10. The Hall–Kier alpha value is -3.18. The van der Waals surface area contributed by atoms with Gasteiger partial charge in [-0.15, -0.1) is 0 Å². The maximum atomic E-state index is 12.7. The van der Waals surface area contributed by atoms with Crippen molar-refractivity contribution in [1.29, 1.82) is 0 Å². The van der Waals surface area contributed by atoms with Crippen LogP contribution in [-0.2, 0) is 38.0 Å². The zero-order chi connectivity index (χ0) is 60.6. The van der Waals surface area contributed by atoms with Gasteiger partial charge in [0.25, 0.3) is 11.9 Å². The molecule has 83 heavy (non-hydrogen) atoms. The summed E-state index contributed by atoms with van der Waals surface area (Å²) >= 11 is 0. The Morgan fingerprint density at radius 1 is 0.301 bits per heavy atom. The van der Waals surface area contributed by atoms with E-state index in [2.05, 4.69) is 76.3 Å². The quantitative estimate of drug-likeness (QED) is 0.0198.